The smallest absolute Gasteiger partial charge is 0.343 e. The molecule has 1 aliphatic rings. The van der Waals surface area contributed by atoms with Crippen LogP contribution in [0.25, 0.3) is 0 Å². The van der Waals surface area contributed by atoms with Crippen LogP contribution < -0.4 is 14.2 Å². The van der Waals surface area contributed by atoms with Gasteiger partial charge >= 0.3 is 11.9 Å². The Morgan fingerprint density at radius 2 is 1.44 bits per heavy atom. The van der Waals surface area contributed by atoms with Gasteiger partial charge in [0.15, 0.2) is 0 Å². The molecule has 3 rings (SSSR count). The van der Waals surface area contributed by atoms with Gasteiger partial charge in [0.05, 0.1) is 36.7 Å². The van der Waals surface area contributed by atoms with E-state index >= 15 is 0 Å². The molecule has 0 amide bonds. The quantitative estimate of drug-likeness (QED) is 0.230. The zero-order chi connectivity index (χ0) is 24.4. The van der Waals surface area contributed by atoms with Crippen molar-refractivity contribution in [1.82, 2.24) is 0 Å². The van der Waals surface area contributed by atoms with Crippen molar-refractivity contribution >= 4 is 11.9 Å². The first-order chi connectivity index (χ1) is 16.5. The lowest BCUT2D eigenvalue weighted by Crippen LogP contribution is -2.46. The lowest BCUT2D eigenvalue weighted by Gasteiger charge is -2.40. The topological polar surface area (TPSA) is 80.3 Å². The summed E-state index contributed by atoms with van der Waals surface area (Å²) in [6.45, 7) is 8.58. The molecule has 1 aliphatic heterocycles. The molecule has 7 nitrogen and oxygen atoms in total. The van der Waals surface area contributed by atoms with Crippen LogP contribution in [-0.2, 0) is 14.3 Å². The lowest BCUT2D eigenvalue weighted by molar-refractivity contribution is -0.149. The minimum absolute atomic E-state index is 0.0618. The molecule has 184 valence electrons. The Bertz CT molecular complexity index is 907. The minimum Gasteiger partial charge on any atom is -0.493 e. The minimum atomic E-state index is -0.453. The van der Waals surface area contributed by atoms with Gasteiger partial charge in [-0.1, -0.05) is 20.8 Å². The Kier molecular flexibility index (Phi) is 9.33. The Morgan fingerprint density at radius 1 is 0.853 bits per heavy atom. The number of hydrogen-bond acceptors (Lipinski definition) is 7. The summed E-state index contributed by atoms with van der Waals surface area (Å²) in [5.74, 6) is 1.02. The van der Waals surface area contributed by atoms with Crippen molar-refractivity contribution in [2.75, 3.05) is 33.0 Å². The summed E-state index contributed by atoms with van der Waals surface area (Å²) in [6, 6.07) is 13.6. The van der Waals surface area contributed by atoms with E-state index in [1.54, 1.807) is 48.5 Å². The van der Waals surface area contributed by atoms with Crippen molar-refractivity contribution in [3.8, 4) is 17.2 Å². The molecule has 0 aromatic heterocycles. The third kappa shape index (κ3) is 6.97. The maximum Gasteiger partial charge on any atom is 0.343 e. The monoisotopic (exact) mass is 470 g/mol. The highest BCUT2D eigenvalue weighted by atomic mass is 16.6. The first kappa shape index (κ1) is 25.6. The Labute approximate surface area is 201 Å². The number of ether oxygens (including phenoxy) is 5. The largest absolute Gasteiger partial charge is 0.493 e. The van der Waals surface area contributed by atoms with Gasteiger partial charge in [-0.2, -0.15) is 0 Å². The van der Waals surface area contributed by atoms with Crippen LogP contribution in [0, 0.1) is 11.3 Å². The Morgan fingerprint density at radius 3 is 2.00 bits per heavy atom. The normalized spacial score (nSPS) is 14.2. The molecule has 0 N–H and O–H groups in total. The predicted molar refractivity (Wildman–Crippen MR) is 127 cm³/mol. The summed E-state index contributed by atoms with van der Waals surface area (Å²) in [4.78, 5) is 24.3. The fraction of sp³-hybridized carbons (Fsp3) is 0.481. The van der Waals surface area contributed by atoms with Crippen molar-refractivity contribution in [2.45, 2.75) is 40.0 Å². The second-order valence-electron chi connectivity index (χ2n) is 8.55. The zero-order valence-electron chi connectivity index (χ0n) is 20.2. The van der Waals surface area contributed by atoms with E-state index < -0.39 is 5.97 Å². The van der Waals surface area contributed by atoms with Gasteiger partial charge in [-0.15, -0.1) is 0 Å². The van der Waals surface area contributed by atoms with Gasteiger partial charge in [0.25, 0.3) is 0 Å². The van der Waals surface area contributed by atoms with Crippen molar-refractivity contribution in [3.05, 3.63) is 54.1 Å². The number of carbonyl (C=O) groups excluding carboxylic acids is 2. The predicted octanol–water partition coefficient (Wildman–Crippen LogP) is 5.07. The standard InChI is InChI=1S/C27H34O7/c1-4-20(5-2)25(28)32-16-15-31-22-11-13-24(14-12-22)34-26(29)21-7-9-23(10-8-21)33-19-27(6-3)17-30-18-27/h7-14,20H,4-6,15-19H2,1-3H3. The highest BCUT2D eigenvalue weighted by molar-refractivity contribution is 5.91. The summed E-state index contributed by atoms with van der Waals surface area (Å²) >= 11 is 0. The van der Waals surface area contributed by atoms with Gasteiger partial charge in [-0.25, -0.2) is 4.79 Å². The molecule has 0 atom stereocenters. The molecule has 1 fully saturated rings. The maximum atomic E-state index is 12.4. The van der Waals surface area contributed by atoms with E-state index in [1.165, 1.54) is 0 Å². The van der Waals surface area contributed by atoms with Gasteiger partial charge in [0.1, 0.15) is 30.5 Å². The second kappa shape index (κ2) is 12.4. The lowest BCUT2D eigenvalue weighted by atomic mass is 9.84. The first-order valence-corrected chi connectivity index (χ1v) is 11.9. The molecule has 0 unspecified atom stereocenters. The van der Waals surface area contributed by atoms with Crippen molar-refractivity contribution in [1.29, 1.82) is 0 Å². The van der Waals surface area contributed by atoms with Crippen LogP contribution in [0.3, 0.4) is 0 Å². The van der Waals surface area contributed by atoms with Crippen LogP contribution in [0.2, 0.25) is 0 Å². The average molecular weight is 471 g/mol. The number of carbonyl (C=O) groups is 2. The first-order valence-electron chi connectivity index (χ1n) is 11.9. The fourth-order valence-corrected chi connectivity index (χ4v) is 3.52. The number of rotatable bonds is 13. The van der Waals surface area contributed by atoms with Crippen LogP contribution in [0.4, 0.5) is 0 Å². The molecule has 0 bridgehead atoms. The van der Waals surface area contributed by atoms with E-state index in [2.05, 4.69) is 6.92 Å². The molecule has 34 heavy (non-hydrogen) atoms. The van der Waals surface area contributed by atoms with Crippen molar-refractivity contribution in [3.63, 3.8) is 0 Å². The van der Waals surface area contributed by atoms with Crippen LogP contribution in [0.15, 0.2) is 48.5 Å². The molecule has 0 saturated carbocycles. The molecule has 0 radical (unpaired) electrons. The Balaban J connectivity index is 1.41. The summed E-state index contributed by atoms with van der Waals surface area (Å²) in [5.41, 5.74) is 0.537. The van der Waals surface area contributed by atoms with Crippen LogP contribution in [0.5, 0.6) is 17.2 Å². The number of esters is 2. The maximum absolute atomic E-state index is 12.4. The van der Waals surface area contributed by atoms with Gasteiger partial charge in [0.2, 0.25) is 0 Å². The average Bonchev–Trinajstić information content (AvgIpc) is 2.83. The molecule has 0 aliphatic carbocycles. The van der Waals surface area contributed by atoms with E-state index in [1.807, 2.05) is 13.8 Å². The van der Waals surface area contributed by atoms with E-state index in [4.69, 9.17) is 23.7 Å². The van der Waals surface area contributed by atoms with E-state index in [0.717, 1.165) is 32.5 Å². The highest BCUT2D eigenvalue weighted by Crippen LogP contribution is 2.32. The summed E-state index contributed by atoms with van der Waals surface area (Å²) in [7, 11) is 0. The van der Waals surface area contributed by atoms with Gasteiger partial charge < -0.3 is 23.7 Å². The van der Waals surface area contributed by atoms with Gasteiger partial charge in [-0.05, 0) is 67.8 Å². The summed E-state index contributed by atoms with van der Waals surface area (Å²) < 4.78 is 27.5. The van der Waals surface area contributed by atoms with Crippen molar-refractivity contribution in [2.24, 2.45) is 11.3 Å². The van der Waals surface area contributed by atoms with Crippen LogP contribution in [0.1, 0.15) is 50.4 Å². The fourth-order valence-electron chi connectivity index (χ4n) is 3.52. The van der Waals surface area contributed by atoms with E-state index in [0.29, 0.717) is 29.4 Å². The van der Waals surface area contributed by atoms with Gasteiger partial charge in [0, 0.05) is 0 Å². The third-order valence-corrected chi connectivity index (χ3v) is 6.15. The molecule has 0 spiro atoms. The number of hydrogen-bond donors (Lipinski definition) is 0. The molecule has 7 heteroatoms. The van der Waals surface area contributed by atoms with Gasteiger partial charge in [-0.3, -0.25) is 4.79 Å². The molecule has 1 saturated heterocycles. The number of benzene rings is 2. The van der Waals surface area contributed by atoms with E-state index in [-0.39, 0.29) is 30.5 Å². The van der Waals surface area contributed by atoms with Crippen LogP contribution >= 0.6 is 0 Å². The van der Waals surface area contributed by atoms with E-state index in [9.17, 15) is 9.59 Å². The third-order valence-electron chi connectivity index (χ3n) is 6.15. The highest BCUT2D eigenvalue weighted by Gasteiger charge is 2.37. The molecular weight excluding hydrogens is 436 g/mol. The molecule has 1 heterocycles. The van der Waals surface area contributed by atoms with Crippen molar-refractivity contribution < 1.29 is 33.3 Å². The molecular formula is C27H34O7. The Hall–Kier alpha value is -3.06. The summed E-state index contributed by atoms with van der Waals surface area (Å²) in [6.07, 6.45) is 2.54. The zero-order valence-corrected chi connectivity index (χ0v) is 20.2. The molecule has 2 aromatic rings. The molecule has 2 aromatic carbocycles. The SMILES string of the molecule is CCC(CC)C(=O)OCCOc1ccc(OC(=O)c2ccc(OCC3(CC)COC3)cc2)cc1. The summed E-state index contributed by atoms with van der Waals surface area (Å²) in [5, 5.41) is 0. The second-order valence-corrected chi connectivity index (χ2v) is 8.55. The van der Waals surface area contributed by atoms with Crippen LogP contribution in [-0.4, -0.2) is 45.0 Å².